The molecule has 23 heavy (non-hydrogen) atoms. The molecule has 1 aromatic rings. The van der Waals surface area contributed by atoms with Crippen LogP contribution in [-0.4, -0.2) is 53.5 Å². The van der Waals surface area contributed by atoms with Crippen LogP contribution in [0.15, 0.2) is 5.38 Å². The van der Waals surface area contributed by atoms with Crippen molar-refractivity contribution in [1.82, 2.24) is 14.8 Å². The van der Waals surface area contributed by atoms with Gasteiger partial charge in [0, 0.05) is 25.5 Å². The van der Waals surface area contributed by atoms with Crippen molar-refractivity contribution in [1.29, 1.82) is 0 Å². The van der Waals surface area contributed by atoms with Gasteiger partial charge in [0.2, 0.25) is 0 Å². The first-order valence-corrected chi connectivity index (χ1v) is 9.00. The summed E-state index contributed by atoms with van der Waals surface area (Å²) in [5.74, 6) is -0.404. The molecule has 1 fully saturated rings. The van der Waals surface area contributed by atoms with E-state index in [9.17, 15) is 9.59 Å². The fraction of sp³-hybridized carbons (Fsp3) is 0.688. The summed E-state index contributed by atoms with van der Waals surface area (Å²) in [7, 11) is 3.54. The van der Waals surface area contributed by atoms with Gasteiger partial charge in [-0.25, -0.2) is 14.6 Å². The second-order valence-electron chi connectivity index (χ2n) is 5.94. The molecule has 0 bridgehead atoms. The van der Waals surface area contributed by atoms with Crippen molar-refractivity contribution in [2.75, 3.05) is 20.7 Å². The summed E-state index contributed by atoms with van der Waals surface area (Å²) in [6, 6.07) is 0.262. The molecule has 0 spiro atoms. The van der Waals surface area contributed by atoms with Crippen molar-refractivity contribution in [3.05, 3.63) is 16.1 Å². The van der Waals surface area contributed by atoms with E-state index in [0.29, 0.717) is 18.8 Å². The molecule has 0 aliphatic heterocycles. The summed E-state index contributed by atoms with van der Waals surface area (Å²) in [6.07, 6.45) is 5.64. The molecule has 0 N–H and O–H groups in total. The molecule has 2 amide bonds. The maximum Gasteiger partial charge on any atom is 0.357 e. The van der Waals surface area contributed by atoms with Gasteiger partial charge in [-0.05, 0) is 19.8 Å². The van der Waals surface area contributed by atoms with Gasteiger partial charge in [0.15, 0.2) is 5.69 Å². The molecule has 1 heterocycles. The van der Waals surface area contributed by atoms with E-state index in [1.54, 1.807) is 31.3 Å². The molecule has 1 saturated carbocycles. The molecule has 0 radical (unpaired) electrons. The Hall–Kier alpha value is -1.63. The molecule has 1 aromatic heterocycles. The summed E-state index contributed by atoms with van der Waals surface area (Å²) in [6.45, 7) is 2.55. The van der Waals surface area contributed by atoms with Crippen molar-refractivity contribution < 1.29 is 14.3 Å². The number of urea groups is 1. The zero-order valence-electron chi connectivity index (χ0n) is 14.1. The van der Waals surface area contributed by atoms with Crippen molar-refractivity contribution in [2.24, 2.45) is 0 Å². The van der Waals surface area contributed by atoms with Gasteiger partial charge < -0.3 is 14.5 Å². The van der Waals surface area contributed by atoms with Crippen LogP contribution in [0.1, 0.15) is 54.5 Å². The van der Waals surface area contributed by atoms with Gasteiger partial charge in [0.25, 0.3) is 0 Å². The number of hydrogen-bond donors (Lipinski definition) is 0. The summed E-state index contributed by atoms with van der Waals surface area (Å²) in [5, 5.41) is 2.47. The molecular formula is C16H25N3O3S. The van der Waals surface area contributed by atoms with E-state index in [4.69, 9.17) is 4.74 Å². The molecule has 1 aliphatic carbocycles. The number of aromatic nitrogens is 1. The van der Waals surface area contributed by atoms with Crippen molar-refractivity contribution >= 4 is 23.3 Å². The Labute approximate surface area is 141 Å². The molecule has 7 heteroatoms. The summed E-state index contributed by atoms with van der Waals surface area (Å²) in [4.78, 5) is 32.1. The lowest BCUT2D eigenvalue weighted by Gasteiger charge is -2.35. The Bertz CT molecular complexity index is 538. The Kier molecular flexibility index (Phi) is 6.38. The predicted molar refractivity (Wildman–Crippen MR) is 89.6 cm³/mol. The smallest absolute Gasteiger partial charge is 0.357 e. The quantitative estimate of drug-likeness (QED) is 0.773. The van der Waals surface area contributed by atoms with E-state index >= 15 is 0 Å². The Morgan fingerprint density at radius 2 is 2.00 bits per heavy atom. The SMILES string of the molecule is CCOC(=O)c1csc(CN(C(=O)N(C)C)C2CCCCC2)n1. The number of thiazole rings is 1. The minimum Gasteiger partial charge on any atom is -0.461 e. The van der Waals surface area contributed by atoms with E-state index in [0.717, 1.165) is 30.7 Å². The minimum absolute atomic E-state index is 0.00443. The van der Waals surface area contributed by atoms with Crippen LogP contribution in [0.4, 0.5) is 4.79 Å². The lowest BCUT2D eigenvalue weighted by atomic mass is 9.94. The van der Waals surface area contributed by atoms with Crippen molar-refractivity contribution in [3.8, 4) is 0 Å². The van der Waals surface area contributed by atoms with E-state index < -0.39 is 5.97 Å². The Morgan fingerprint density at radius 1 is 1.30 bits per heavy atom. The van der Waals surface area contributed by atoms with Gasteiger partial charge in [0.05, 0.1) is 13.2 Å². The van der Waals surface area contributed by atoms with Crippen LogP contribution >= 0.6 is 11.3 Å². The molecular weight excluding hydrogens is 314 g/mol. The maximum atomic E-state index is 12.5. The number of carbonyl (C=O) groups excluding carboxylic acids is 2. The Morgan fingerprint density at radius 3 is 2.61 bits per heavy atom. The van der Waals surface area contributed by atoms with Crippen LogP contribution in [0, 0.1) is 0 Å². The molecule has 2 rings (SSSR count). The van der Waals surface area contributed by atoms with Gasteiger partial charge >= 0.3 is 12.0 Å². The molecule has 1 aliphatic rings. The molecule has 128 valence electrons. The van der Waals surface area contributed by atoms with Crippen LogP contribution in [0.25, 0.3) is 0 Å². The fourth-order valence-electron chi connectivity index (χ4n) is 2.83. The summed E-state index contributed by atoms with van der Waals surface area (Å²) < 4.78 is 4.96. The second-order valence-corrected chi connectivity index (χ2v) is 6.89. The molecule has 0 atom stereocenters. The minimum atomic E-state index is -0.404. The highest BCUT2D eigenvalue weighted by atomic mass is 32.1. The van der Waals surface area contributed by atoms with Crippen LogP contribution in [0.5, 0.6) is 0 Å². The third-order valence-electron chi connectivity index (χ3n) is 3.99. The van der Waals surface area contributed by atoms with Gasteiger partial charge in [-0.15, -0.1) is 11.3 Å². The number of hydrogen-bond acceptors (Lipinski definition) is 5. The number of amides is 2. The van der Waals surface area contributed by atoms with E-state index in [1.165, 1.54) is 17.8 Å². The zero-order chi connectivity index (χ0) is 16.8. The standard InChI is InChI=1S/C16H25N3O3S/c1-4-22-15(20)13-11-23-14(17-13)10-19(16(21)18(2)3)12-8-6-5-7-9-12/h11-12H,4-10H2,1-3H3. The summed E-state index contributed by atoms with van der Waals surface area (Å²) >= 11 is 1.40. The first kappa shape index (κ1) is 17.7. The molecule has 0 unspecified atom stereocenters. The van der Waals surface area contributed by atoms with Gasteiger partial charge in [-0.1, -0.05) is 19.3 Å². The van der Waals surface area contributed by atoms with Crippen molar-refractivity contribution in [2.45, 2.75) is 51.6 Å². The lowest BCUT2D eigenvalue weighted by Crippen LogP contribution is -2.45. The number of esters is 1. The average molecular weight is 339 g/mol. The monoisotopic (exact) mass is 339 g/mol. The zero-order valence-corrected chi connectivity index (χ0v) is 14.9. The largest absolute Gasteiger partial charge is 0.461 e. The van der Waals surface area contributed by atoms with Crippen LogP contribution < -0.4 is 0 Å². The summed E-state index contributed by atoms with van der Waals surface area (Å²) in [5.41, 5.74) is 0.327. The van der Waals surface area contributed by atoms with Crippen LogP contribution in [0.3, 0.4) is 0 Å². The third-order valence-corrected chi connectivity index (χ3v) is 4.82. The molecule has 0 saturated heterocycles. The highest BCUT2D eigenvalue weighted by Gasteiger charge is 2.27. The lowest BCUT2D eigenvalue weighted by molar-refractivity contribution is 0.0520. The van der Waals surface area contributed by atoms with E-state index in [2.05, 4.69) is 4.98 Å². The number of carbonyl (C=O) groups is 2. The first-order valence-electron chi connectivity index (χ1n) is 8.12. The average Bonchev–Trinajstić information content (AvgIpc) is 3.02. The highest BCUT2D eigenvalue weighted by molar-refractivity contribution is 7.09. The first-order chi connectivity index (χ1) is 11.0. The highest BCUT2D eigenvalue weighted by Crippen LogP contribution is 2.25. The van der Waals surface area contributed by atoms with Crippen molar-refractivity contribution in [3.63, 3.8) is 0 Å². The Balaban J connectivity index is 2.10. The number of nitrogens with zero attached hydrogens (tertiary/aromatic N) is 3. The molecule has 0 aromatic carbocycles. The predicted octanol–water partition coefficient (Wildman–Crippen LogP) is 3.14. The topological polar surface area (TPSA) is 62.7 Å². The van der Waals surface area contributed by atoms with Gasteiger partial charge in [0.1, 0.15) is 5.01 Å². The third kappa shape index (κ3) is 4.67. The molecule has 6 nitrogen and oxygen atoms in total. The van der Waals surface area contributed by atoms with Gasteiger partial charge in [-0.2, -0.15) is 0 Å². The maximum absolute atomic E-state index is 12.5. The fourth-order valence-corrected chi connectivity index (χ4v) is 3.59. The van der Waals surface area contributed by atoms with Crippen LogP contribution in [-0.2, 0) is 11.3 Å². The number of rotatable bonds is 5. The van der Waals surface area contributed by atoms with E-state index in [1.807, 2.05) is 4.90 Å². The van der Waals surface area contributed by atoms with E-state index in [-0.39, 0.29) is 12.1 Å². The normalized spacial score (nSPS) is 15.3. The second kappa shape index (κ2) is 8.29. The number of ether oxygens (including phenoxy) is 1. The van der Waals surface area contributed by atoms with Gasteiger partial charge in [-0.3, -0.25) is 0 Å². The van der Waals surface area contributed by atoms with Crippen LogP contribution in [0.2, 0.25) is 0 Å².